The number of ether oxygens (including phenoxy) is 3. The zero-order valence-electron chi connectivity index (χ0n) is 14.9. The first-order valence-electron chi connectivity index (χ1n) is 8.21. The molecule has 2 unspecified atom stereocenters. The number of aliphatic carboxylic acids is 1. The summed E-state index contributed by atoms with van der Waals surface area (Å²) in [6.07, 6.45) is 2.56. The molecule has 1 saturated heterocycles. The molecule has 1 amide bonds. The van der Waals surface area contributed by atoms with E-state index in [1.807, 2.05) is 6.26 Å². The minimum atomic E-state index is -1.17. The maximum Gasteiger partial charge on any atom is 0.407 e. The van der Waals surface area contributed by atoms with Gasteiger partial charge < -0.3 is 24.6 Å². The van der Waals surface area contributed by atoms with Crippen LogP contribution in [-0.4, -0.2) is 59.8 Å². The SMILES string of the molecule is CSCC[C@@H](NC(=O)OC(C)(C)C)C(OC1CCCCO1)C(=O)O. The van der Waals surface area contributed by atoms with Crippen molar-refractivity contribution in [3.05, 3.63) is 0 Å². The molecule has 24 heavy (non-hydrogen) atoms. The van der Waals surface area contributed by atoms with Crippen LogP contribution in [-0.2, 0) is 19.0 Å². The Kier molecular flexibility index (Phi) is 8.86. The largest absolute Gasteiger partial charge is 0.479 e. The van der Waals surface area contributed by atoms with Crippen LogP contribution in [0.2, 0.25) is 0 Å². The van der Waals surface area contributed by atoms with Gasteiger partial charge in [-0.1, -0.05) is 0 Å². The number of rotatable bonds is 8. The number of alkyl carbamates (subject to hydrolysis) is 1. The zero-order chi connectivity index (χ0) is 18.2. The molecule has 140 valence electrons. The van der Waals surface area contributed by atoms with E-state index in [4.69, 9.17) is 14.2 Å². The van der Waals surface area contributed by atoms with Gasteiger partial charge in [-0.15, -0.1) is 0 Å². The highest BCUT2D eigenvalue weighted by molar-refractivity contribution is 7.98. The van der Waals surface area contributed by atoms with Gasteiger partial charge in [0.1, 0.15) is 5.60 Å². The molecule has 2 N–H and O–H groups in total. The van der Waals surface area contributed by atoms with E-state index in [2.05, 4.69) is 5.32 Å². The Hall–Kier alpha value is -0.990. The van der Waals surface area contributed by atoms with Crippen LogP contribution in [0.15, 0.2) is 0 Å². The number of carboxylic acid groups (broad SMARTS) is 1. The molecular formula is C16H29NO6S. The fourth-order valence-electron chi connectivity index (χ4n) is 2.31. The summed E-state index contributed by atoms with van der Waals surface area (Å²) in [5.41, 5.74) is -0.653. The molecule has 8 heteroatoms. The topological polar surface area (TPSA) is 94.1 Å². The van der Waals surface area contributed by atoms with E-state index in [0.29, 0.717) is 25.2 Å². The molecule has 1 fully saturated rings. The fraction of sp³-hybridized carbons (Fsp3) is 0.875. The lowest BCUT2D eigenvalue weighted by atomic mass is 10.1. The molecule has 7 nitrogen and oxygen atoms in total. The van der Waals surface area contributed by atoms with Gasteiger partial charge >= 0.3 is 12.1 Å². The Morgan fingerprint density at radius 1 is 1.38 bits per heavy atom. The van der Waals surface area contributed by atoms with Gasteiger partial charge in [0, 0.05) is 6.61 Å². The van der Waals surface area contributed by atoms with Gasteiger partial charge in [0.25, 0.3) is 0 Å². The van der Waals surface area contributed by atoms with Crippen LogP contribution in [0.25, 0.3) is 0 Å². The normalized spacial score (nSPS) is 20.9. The molecule has 0 spiro atoms. The third-order valence-corrected chi connectivity index (χ3v) is 4.02. The van der Waals surface area contributed by atoms with Gasteiger partial charge in [-0.05, 0) is 58.5 Å². The van der Waals surface area contributed by atoms with Crippen LogP contribution in [0.4, 0.5) is 4.79 Å². The second-order valence-electron chi connectivity index (χ2n) is 6.73. The van der Waals surface area contributed by atoms with Crippen LogP contribution in [0.3, 0.4) is 0 Å². The minimum Gasteiger partial charge on any atom is -0.479 e. The quantitative estimate of drug-likeness (QED) is 0.684. The van der Waals surface area contributed by atoms with Gasteiger partial charge in [0.15, 0.2) is 12.4 Å². The predicted molar refractivity (Wildman–Crippen MR) is 92.3 cm³/mol. The summed E-state index contributed by atoms with van der Waals surface area (Å²) in [6.45, 7) is 5.82. The van der Waals surface area contributed by atoms with Gasteiger partial charge in [-0.25, -0.2) is 9.59 Å². The number of carbonyl (C=O) groups excluding carboxylic acids is 1. The van der Waals surface area contributed by atoms with Gasteiger partial charge in [-0.2, -0.15) is 11.8 Å². The van der Waals surface area contributed by atoms with Crippen LogP contribution in [0.5, 0.6) is 0 Å². The standard InChI is InChI=1S/C16H29NO6S/c1-16(2,3)23-15(20)17-11(8-10-24-4)13(14(18)19)22-12-7-5-6-9-21-12/h11-13H,5-10H2,1-4H3,(H,17,20)(H,18,19)/t11-,12?,13?/m1/s1. The molecule has 1 heterocycles. The summed E-state index contributed by atoms with van der Waals surface area (Å²) in [5, 5.41) is 12.2. The Labute approximate surface area is 147 Å². The first-order chi connectivity index (χ1) is 11.2. The molecular weight excluding hydrogens is 334 g/mol. The highest BCUT2D eigenvalue weighted by atomic mass is 32.2. The second kappa shape index (κ2) is 10.1. The van der Waals surface area contributed by atoms with Gasteiger partial charge in [0.2, 0.25) is 0 Å². The van der Waals surface area contributed by atoms with E-state index in [-0.39, 0.29) is 0 Å². The predicted octanol–water partition coefficient (Wildman–Crippen LogP) is 2.63. The average Bonchev–Trinajstić information content (AvgIpc) is 2.48. The van der Waals surface area contributed by atoms with Crippen molar-refractivity contribution in [3.63, 3.8) is 0 Å². The number of carbonyl (C=O) groups is 2. The van der Waals surface area contributed by atoms with Gasteiger partial charge in [0.05, 0.1) is 6.04 Å². The van der Waals surface area contributed by atoms with Crippen molar-refractivity contribution < 1.29 is 28.9 Å². The van der Waals surface area contributed by atoms with Crippen molar-refractivity contribution in [2.45, 2.75) is 70.5 Å². The van der Waals surface area contributed by atoms with Crippen molar-refractivity contribution in [1.29, 1.82) is 0 Å². The van der Waals surface area contributed by atoms with Crippen LogP contribution in [0, 0.1) is 0 Å². The van der Waals surface area contributed by atoms with E-state index < -0.39 is 36.1 Å². The summed E-state index contributed by atoms with van der Waals surface area (Å²) < 4.78 is 16.3. The van der Waals surface area contributed by atoms with E-state index in [1.165, 1.54) is 0 Å². The lowest BCUT2D eigenvalue weighted by Crippen LogP contribution is -2.51. The number of hydrogen-bond donors (Lipinski definition) is 2. The highest BCUT2D eigenvalue weighted by Gasteiger charge is 2.34. The zero-order valence-corrected chi connectivity index (χ0v) is 15.7. The second-order valence-corrected chi connectivity index (χ2v) is 7.71. The van der Waals surface area contributed by atoms with Crippen molar-refractivity contribution in [1.82, 2.24) is 5.32 Å². The minimum absolute atomic E-state index is 0.462. The summed E-state index contributed by atoms with van der Waals surface area (Å²) in [4.78, 5) is 23.7. The Bertz CT molecular complexity index is 406. The summed E-state index contributed by atoms with van der Waals surface area (Å²) in [5.74, 6) is -0.426. The molecule has 1 aliphatic heterocycles. The summed E-state index contributed by atoms with van der Waals surface area (Å²) >= 11 is 1.57. The number of amides is 1. The lowest BCUT2D eigenvalue weighted by Gasteiger charge is -2.31. The van der Waals surface area contributed by atoms with Crippen LogP contribution < -0.4 is 5.32 Å². The number of carboxylic acids is 1. The van der Waals surface area contributed by atoms with Crippen molar-refractivity contribution in [2.24, 2.45) is 0 Å². The average molecular weight is 363 g/mol. The van der Waals surface area contributed by atoms with E-state index in [1.54, 1.807) is 32.5 Å². The van der Waals surface area contributed by atoms with Crippen molar-refractivity contribution >= 4 is 23.8 Å². The molecule has 0 radical (unpaired) electrons. The molecule has 3 atom stereocenters. The highest BCUT2D eigenvalue weighted by Crippen LogP contribution is 2.19. The maximum atomic E-state index is 12.0. The number of hydrogen-bond acceptors (Lipinski definition) is 6. The maximum absolute atomic E-state index is 12.0. The third kappa shape index (κ3) is 8.21. The monoisotopic (exact) mass is 363 g/mol. The van der Waals surface area contributed by atoms with Crippen molar-refractivity contribution in [3.8, 4) is 0 Å². The molecule has 1 aliphatic rings. The first kappa shape index (κ1) is 21.1. The van der Waals surface area contributed by atoms with Crippen LogP contribution >= 0.6 is 11.8 Å². The van der Waals surface area contributed by atoms with Crippen molar-refractivity contribution in [2.75, 3.05) is 18.6 Å². The van der Waals surface area contributed by atoms with Gasteiger partial charge in [-0.3, -0.25) is 0 Å². The van der Waals surface area contributed by atoms with E-state index in [0.717, 1.165) is 12.8 Å². The Balaban J connectivity index is 2.75. The summed E-state index contributed by atoms with van der Waals surface area (Å²) in [6, 6.07) is -0.685. The molecule has 0 saturated carbocycles. The molecule has 0 aromatic rings. The molecule has 1 rings (SSSR count). The smallest absolute Gasteiger partial charge is 0.407 e. The lowest BCUT2D eigenvalue weighted by molar-refractivity contribution is -0.205. The third-order valence-electron chi connectivity index (χ3n) is 3.38. The molecule has 0 aliphatic carbocycles. The summed E-state index contributed by atoms with van der Waals surface area (Å²) in [7, 11) is 0. The number of thioether (sulfide) groups is 1. The Morgan fingerprint density at radius 3 is 2.58 bits per heavy atom. The van der Waals surface area contributed by atoms with E-state index >= 15 is 0 Å². The Morgan fingerprint density at radius 2 is 2.08 bits per heavy atom. The van der Waals surface area contributed by atoms with E-state index in [9.17, 15) is 14.7 Å². The number of nitrogens with one attached hydrogen (secondary N) is 1. The molecule has 0 aromatic carbocycles. The molecule has 0 bridgehead atoms. The first-order valence-corrected chi connectivity index (χ1v) is 9.60. The van der Waals surface area contributed by atoms with Crippen LogP contribution in [0.1, 0.15) is 46.5 Å². The fourth-order valence-corrected chi connectivity index (χ4v) is 2.80. The molecule has 0 aromatic heterocycles.